The summed E-state index contributed by atoms with van der Waals surface area (Å²) in [7, 11) is 0. The predicted octanol–water partition coefficient (Wildman–Crippen LogP) is 4.42. The molecule has 29 heavy (non-hydrogen) atoms. The second kappa shape index (κ2) is 7.83. The van der Waals surface area contributed by atoms with Gasteiger partial charge in [-0.05, 0) is 50.6 Å². The van der Waals surface area contributed by atoms with E-state index in [2.05, 4.69) is 28.2 Å². The van der Waals surface area contributed by atoms with Gasteiger partial charge in [0.05, 0.1) is 18.0 Å². The maximum absolute atomic E-state index is 11.7. The number of nitrogens with one attached hydrogen (secondary N) is 2. The molecule has 0 spiro atoms. The number of esters is 1. The Morgan fingerprint density at radius 1 is 1.17 bits per heavy atom. The van der Waals surface area contributed by atoms with E-state index in [0.717, 1.165) is 39.3 Å². The molecule has 1 aliphatic rings. The number of nitrogens with zero attached hydrogens (tertiary/aromatic N) is 1. The third kappa shape index (κ3) is 4.01. The number of para-hydroxylation sites is 1. The lowest BCUT2D eigenvalue weighted by molar-refractivity contribution is -0.146. The summed E-state index contributed by atoms with van der Waals surface area (Å²) in [6, 6.07) is 12.2. The topological polar surface area (TPSA) is 79.5 Å². The van der Waals surface area contributed by atoms with Crippen molar-refractivity contribution in [3.8, 4) is 0 Å². The van der Waals surface area contributed by atoms with Gasteiger partial charge >= 0.3 is 5.97 Å². The van der Waals surface area contributed by atoms with Crippen LogP contribution in [0.3, 0.4) is 0 Å². The van der Waals surface area contributed by atoms with Gasteiger partial charge in [-0.15, -0.1) is 0 Å². The van der Waals surface area contributed by atoms with Crippen molar-refractivity contribution in [1.29, 1.82) is 0 Å². The molecule has 0 amide bonds. The number of carbonyl (C=O) groups excluding carboxylic acids is 1. The van der Waals surface area contributed by atoms with Crippen LogP contribution in [0.5, 0.6) is 0 Å². The molecule has 1 aliphatic heterocycles. The smallest absolute Gasteiger partial charge is 0.344 e. The molecule has 0 aliphatic carbocycles. The Morgan fingerprint density at radius 3 is 2.72 bits per heavy atom. The number of carbonyl (C=O) groups is 1. The van der Waals surface area contributed by atoms with Gasteiger partial charge in [-0.3, -0.25) is 0 Å². The summed E-state index contributed by atoms with van der Waals surface area (Å²) in [5, 5.41) is 1.11. The van der Waals surface area contributed by atoms with E-state index in [0.29, 0.717) is 18.1 Å². The highest BCUT2D eigenvalue weighted by Crippen LogP contribution is 2.27. The molecular formula is C23H23N3O3. The number of fused-ring (bicyclic) bond motifs is 1. The molecule has 6 nitrogen and oxygen atoms in total. The van der Waals surface area contributed by atoms with Crippen LogP contribution in [0.25, 0.3) is 17.0 Å². The SMILES string of the molecule is CCOC(=O)COC1=CC(c2cc3ccccc3[nH]2)=N/C1=C\c1[nH]c(C)cc1C. The second-order valence-electron chi connectivity index (χ2n) is 6.95. The molecule has 3 aromatic rings. The normalized spacial score (nSPS) is 14.9. The van der Waals surface area contributed by atoms with Gasteiger partial charge in [0, 0.05) is 28.4 Å². The van der Waals surface area contributed by atoms with Crippen LogP contribution in [0.2, 0.25) is 0 Å². The Balaban J connectivity index is 1.68. The molecule has 2 N–H and O–H groups in total. The van der Waals surface area contributed by atoms with Crippen LogP contribution in [0.4, 0.5) is 0 Å². The van der Waals surface area contributed by atoms with Crippen LogP contribution < -0.4 is 0 Å². The zero-order chi connectivity index (χ0) is 20.4. The third-order valence-electron chi connectivity index (χ3n) is 4.69. The molecule has 0 fully saturated rings. The highest BCUT2D eigenvalue weighted by atomic mass is 16.6. The largest absolute Gasteiger partial charge is 0.480 e. The Bertz CT molecular complexity index is 1130. The summed E-state index contributed by atoms with van der Waals surface area (Å²) >= 11 is 0. The van der Waals surface area contributed by atoms with E-state index in [4.69, 9.17) is 14.5 Å². The molecule has 3 heterocycles. The van der Waals surface area contributed by atoms with Gasteiger partial charge in [-0.1, -0.05) is 18.2 Å². The van der Waals surface area contributed by atoms with Crippen LogP contribution in [0, 0.1) is 13.8 Å². The number of allylic oxidation sites excluding steroid dienone is 1. The zero-order valence-electron chi connectivity index (χ0n) is 16.7. The number of aromatic amines is 2. The summed E-state index contributed by atoms with van der Waals surface area (Å²) in [6.45, 7) is 5.98. The Morgan fingerprint density at radius 2 is 2.00 bits per heavy atom. The lowest BCUT2D eigenvalue weighted by Gasteiger charge is -2.07. The van der Waals surface area contributed by atoms with Crippen molar-refractivity contribution in [3.05, 3.63) is 76.6 Å². The summed E-state index contributed by atoms with van der Waals surface area (Å²) in [5.74, 6) is 0.136. The van der Waals surface area contributed by atoms with Gasteiger partial charge < -0.3 is 19.4 Å². The number of aryl methyl sites for hydroxylation is 2. The maximum Gasteiger partial charge on any atom is 0.344 e. The molecule has 0 saturated carbocycles. The van der Waals surface area contributed by atoms with Gasteiger partial charge in [0.1, 0.15) is 11.5 Å². The van der Waals surface area contributed by atoms with E-state index in [1.165, 1.54) is 0 Å². The fraction of sp³-hybridized carbons (Fsp3) is 0.217. The molecule has 4 rings (SSSR count). The van der Waals surface area contributed by atoms with Gasteiger partial charge in [0.2, 0.25) is 0 Å². The number of ether oxygens (including phenoxy) is 2. The number of aromatic nitrogens is 2. The summed E-state index contributed by atoms with van der Waals surface area (Å²) < 4.78 is 10.7. The standard InChI is InChI=1S/C23H23N3O3/c1-4-28-23(27)13-29-22-12-20(19-10-16-7-5-6-8-17(16)25-19)26-21(22)11-18-14(2)9-15(3)24-18/h5-12,24-25H,4,13H2,1-3H3/b21-11-. The van der Waals surface area contributed by atoms with Crippen LogP contribution in [0.1, 0.15) is 29.6 Å². The minimum atomic E-state index is -0.404. The fourth-order valence-electron chi connectivity index (χ4n) is 3.36. The summed E-state index contributed by atoms with van der Waals surface area (Å²) in [4.78, 5) is 23.2. The van der Waals surface area contributed by atoms with Gasteiger partial charge in [-0.2, -0.15) is 0 Å². The average Bonchev–Trinajstić information content (AvgIpc) is 3.37. The second-order valence-corrected chi connectivity index (χ2v) is 6.95. The minimum absolute atomic E-state index is 0.157. The molecule has 6 heteroatoms. The quantitative estimate of drug-likeness (QED) is 0.613. The molecule has 0 saturated heterocycles. The van der Waals surface area contributed by atoms with E-state index in [-0.39, 0.29) is 6.61 Å². The molecule has 0 atom stereocenters. The van der Waals surface area contributed by atoms with Gasteiger partial charge in [0.15, 0.2) is 6.61 Å². The Hall–Kier alpha value is -3.54. The van der Waals surface area contributed by atoms with Crippen molar-refractivity contribution in [2.45, 2.75) is 20.8 Å². The maximum atomic E-state index is 11.7. The van der Waals surface area contributed by atoms with E-state index >= 15 is 0 Å². The van der Waals surface area contributed by atoms with Gasteiger partial charge in [-0.25, -0.2) is 9.79 Å². The number of aliphatic imine (C=N–C) groups is 1. The van der Waals surface area contributed by atoms with Crippen molar-refractivity contribution in [1.82, 2.24) is 9.97 Å². The highest BCUT2D eigenvalue weighted by Gasteiger charge is 2.20. The first-order valence-corrected chi connectivity index (χ1v) is 9.58. The van der Waals surface area contributed by atoms with E-state index < -0.39 is 5.97 Å². The predicted molar refractivity (Wildman–Crippen MR) is 114 cm³/mol. The average molecular weight is 389 g/mol. The van der Waals surface area contributed by atoms with Crippen LogP contribution in [-0.2, 0) is 14.3 Å². The molecule has 1 aromatic carbocycles. The van der Waals surface area contributed by atoms with E-state index in [9.17, 15) is 4.79 Å². The number of benzene rings is 1. The molecule has 0 radical (unpaired) electrons. The van der Waals surface area contributed by atoms with Crippen LogP contribution in [0.15, 0.2) is 58.9 Å². The Labute approximate surface area is 169 Å². The minimum Gasteiger partial charge on any atom is -0.480 e. The van der Waals surface area contributed by atoms with E-state index in [1.807, 2.05) is 44.2 Å². The van der Waals surface area contributed by atoms with Crippen molar-refractivity contribution < 1.29 is 14.3 Å². The monoisotopic (exact) mass is 389 g/mol. The van der Waals surface area contributed by atoms with Crippen LogP contribution in [-0.4, -0.2) is 34.9 Å². The third-order valence-corrected chi connectivity index (χ3v) is 4.69. The van der Waals surface area contributed by atoms with Crippen molar-refractivity contribution in [2.75, 3.05) is 13.2 Å². The zero-order valence-corrected chi connectivity index (χ0v) is 16.7. The molecular weight excluding hydrogens is 366 g/mol. The highest BCUT2D eigenvalue weighted by molar-refractivity contribution is 6.13. The first kappa shape index (κ1) is 18.8. The lowest BCUT2D eigenvalue weighted by atomic mass is 10.2. The molecule has 0 bridgehead atoms. The van der Waals surface area contributed by atoms with Crippen LogP contribution >= 0.6 is 0 Å². The van der Waals surface area contributed by atoms with Gasteiger partial charge in [0.25, 0.3) is 0 Å². The van der Waals surface area contributed by atoms with E-state index in [1.54, 1.807) is 6.92 Å². The summed E-state index contributed by atoms with van der Waals surface area (Å²) in [5.41, 5.74) is 6.51. The lowest BCUT2D eigenvalue weighted by Crippen LogP contribution is -2.12. The molecule has 148 valence electrons. The molecule has 2 aromatic heterocycles. The number of H-pyrrole nitrogens is 2. The van der Waals surface area contributed by atoms with Crippen molar-refractivity contribution >= 4 is 28.7 Å². The van der Waals surface area contributed by atoms with Crippen molar-refractivity contribution in [2.24, 2.45) is 4.99 Å². The first-order valence-electron chi connectivity index (χ1n) is 9.58. The number of hydrogen-bond acceptors (Lipinski definition) is 4. The number of hydrogen-bond donors (Lipinski definition) is 2. The first-order chi connectivity index (χ1) is 14.0. The number of rotatable bonds is 6. The van der Waals surface area contributed by atoms with Crippen molar-refractivity contribution in [3.63, 3.8) is 0 Å². The Kier molecular flexibility index (Phi) is 5.08. The molecule has 0 unspecified atom stereocenters. The fourth-order valence-corrected chi connectivity index (χ4v) is 3.36. The summed E-state index contributed by atoms with van der Waals surface area (Å²) in [6.07, 6.45) is 3.79.